The number of amides is 1. The van der Waals surface area contributed by atoms with Crippen LogP contribution in [-0.4, -0.2) is 20.9 Å². The van der Waals surface area contributed by atoms with Crippen molar-refractivity contribution in [2.75, 3.05) is 0 Å². The lowest BCUT2D eigenvalue weighted by molar-refractivity contribution is 0.100. The summed E-state index contributed by atoms with van der Waals surface area (Å²) in [6, 6.07) is 13.6. The molecule has 0 saturated heterocycles. The van der Waals surface area contributed by atoms with Crippen LogP contribution in [0.5, 0.6) is 0 Å². The van der Waals surface area contributed by atoms with Crippen molar-refractivity contribution in [2.24, 2.45) is 5.73 Å². The van der Waals surface area contributed by atoms with Gasteiger partial charge in [-0.15, -0.1) is 0 Å². The Bertz CT molecular complexity index is 1090. The summed E-state index contributed by atoms with van der Waals surface area (Å²) >= 11 is 0. The molecule has 0 aliphatic carbocycles. The number of carbonyl (C=O) groups excluding carboxylic acids is 1. The van der Waals surface area contributed by atoms with Crippen molar-refractivity contribution < 1.29 is 9.18 Å². The average molecular weight is 332 g/mol. The van der Waals surface area contributed by atoms with Gasteiger partial charge in [-0.2, -0.15) is 0 Å². The molecule has 0 aliphatic rings. The summed E-state index contributed by atoms with van der Waals surface area (Å²) in [6.45, 7) is 0. The fourth-order valence-corrected chi connectivity index (χ4v) is 2.79. The van der Waals surface area contributed by atoms with Crippen molar-refractivity contribution >= 4 is 16.9 Å². The van der Waals surface area contributed by atoms with Crippen molar-refractivity contribution in [2.45, 2.75) is 0 Å². The van der Waals surface area contributed by atoms with Crippen LogP contribution in [0.2, 0.25) is 0 Å². The molecular weight excluding hydrogens is 319 g/mol. The number of imidazole rings is 1. The van der Waals surface area contributed by atoms with Gasteiger partial charge >= 0.3 is 0 Å². The largest absolute Gasteiger partial charge is 0.366 e. The minimum absolute atomic E-state index is 0.300. The predicted octanol–water partition coefficient (Wildman–Crippen LogP) is 3.53. The highest BCUT2D eigenvalue weighted by atomic mass is 19.1. The van der Waals surface area contributed by atoms with Crippen molar-refractivity contribution in [3.05, 3.63) is 72.3 Å². The van der Waals surface area contributed by atoms with Gasteiger partial charge < -0.3 is 10.7 Å². The molecule has 25 heavy (non-hydrogen) atoms. The lowest BCUT2D eigenvalue weighted by Crippen LogP contribution is -2.11. The molecular formula is C19H13FN4O. The van der Waals surface area contributed by atoms with Crippen LogP contribution in [0.25, 0.3) is 33.5 Å². The van der Waals surface area contributed by atoms with E-state index in [2.05, 4.69) is 15.0 Å². The fraction of sp³-hybridized carbons (Fsp3) is 0. The predicted molar refractivity (Wildman–Crippen MR) is 93.2 cm³/mol. The van der Waals surface area contributed by atoms with Crippen molar-refractivity contribution in [3.8, 4) is 22.5 Å². The highest BCUT2D eigenvalue weighted by Crippen LogP contribution is 2.28. The number of pyridine rings is 1. The van der Waals surface area contributed by atoms with Crippen molar-refractivity contribution in [1.82, 2.24) is 15.0 Å². The van der Waals surface area contributed by atoms with E-state index in [0.717, 1.165) is 11.1 Å². The van der Waals surface area contributed by atoms with Crippen LogP contribution in [-0.2, 0) is 0 Å². The van der Waals surface area contributed by atoms with E-state index >= 15 is 0 Å². The molecule has 3 N–H and O–H groups in total. The Hall–Kier alpha value is -3.54. The Morgan fingerprint density at radius 2 is 1.84 bits per heavy atom. The van der Waals surface area contributed by atoms with Crippen LogP contribution in [0.1, 0.15) is 10.4 Å². The standard InChI is InChI=1S/C19H13FN4O/c20-15-10-12(11-6-8-22-9-7-11)4-5-13(15)19-23-16-3-1-2-14(18(21)25)17(16)24-19/h1-10H,(H2,21,25)(H,23,24). The number of fused-ring (bicyclic) bond motifs is 1. The van der Waals surface area contributed by atoms with Gasteiger partial charge in [0.25, 0.3) is 5.91 Å². The number of rotatable bonds is 3. The Morgan fingerprint density at radius 1 is 1.04 bits per heavy atom. The maximum atomic E-state index is 14.6. The summed E-state index contributed by atoms with van der Waals surface area (Å²) in [5.74, 6) is -0.631. The van der Waals surface area contributed by atoms with Gasteiger partial charge in [0.2, 0.25) is 0 Å². The minimum atomic E-state index is -0.572. The van der Waals surface area contributed by atoms with Gasteiger partial charge in [-0.05, 0) is 47.5 Å². The van der Waals surface area contributed by atoms with Gasteiger partial charge in [0, 0.05) is 12.4 Å². The highest BCUT2D eigenvalue weighted by Gasteiger charge is 2.15. The van der Waals surface area contributed by atoms with E-state index < -0.39 is 11.7 Å². The second-order valence-electron chi connectivity index (χ2n) is 5.58. The number of nitrogens with two attached hydrogens (primary N) is 1. The highest BCUT2D eigenvalue weighted by molar-refractivity contribution is 6.04. The van der Waals surface area contributed by atoms with E-state index in [-0.39, 0.29) is 0 Å². The number of carbonyl (C=O) groups is 1. The zero-order chi connectivity index (χ0) is 17.4. The van der Waals surface area contributed by atoms with Gasteiger partial charge in [-0.1, -0.05) is 12.1 Å². The van der Waals surface area contributed by atoms with Gasteiger partial charge in [-0.3, -0.25) is 9.78 Å². The molecule has 2 aromatic carbocycles. The molecule has 0 unspecified atom stereocenters. The van der Waals surface area contributed by atoms with Gasteiger partial charge in [0.15, 0.2) is 0 Å². The molecule has 0 saturated carbocycles. The molecule has 4 aromatic rings. The second kappa shape index (κ2) is 5.83. The lowest BCUT2D eigenvalue weighted by Gasteiger charge is -2.04. The molecule has 0 fully saturated rings. The van der Waals surface area contributed by atoms with Gasteiger partial charge in [0.05, 0.1) is 16.6 Å². The first-order valence-corrected chi connectivity index (χ1v) is 7.62. The first kappa shape index (κ1) is 15.0. The summed E-state index contributed by atoms with van der Waals surface area (Å²) in [4.78, 5) is 22.9. The number of aromatic amines is 1. The zero-order valence-corrected chi connectivity index (χ0v) is 13.0. The van der Waals surface area contributed by atoms with Crippen LogP contribution in [0, 0.1) is 5.82 Å². The Morgan fingerprint density at radius 3 is 2.56 bits per heavy atom. The zero-order valence-electron chi connectivity index (χ0n) is 13.0. The number of hydrogen-bond donors (Lipinski definition) is 2. The molecule has 0 bridgehead atoms. The number of nitrogens with one attached hydrogen (secondary N) is 1. The van der Waals surface area contributed by atoms with E-state index in [1.54, 1.807) is 36.7 Å². The van der Waals surface area contributed by atoms with Gasteiger partial charge in [0.1, 0.15) is 17.2 Å². The fourth-order valence-electron chi connectivity index (χ4n) is 2.79. The number of benzene rings is 2. The Labute approximate surface area is 142 Å². The third kappa shape index (κ3) is 2.63. The monoisotopic (exact) mass is 332 g/mol. The van der Waals surface area contributed by atoms with Crippen molar-refractivity contribution in [3.63, 3.8) is 0 Å². The molecule has 0 spiro atoms. The molecule has 0 atom stereocenters. The number of aromatic nitrogens is 3. The normalized spacial score (nSPS) is 10.9. The van der Waals surface area contributed by atoms with E-state index in [9.17, 15) is 9.18 Å². The molecule has 6 heteroatoms. The van der Waals surface area contributed by atoms with Crippen LogP contribution >= 0.6 is 0 Å². The van der Waals surface area contributed by atoms with Gasteiger partial charge in [-0.25, -0.2) is 9.37 Å². The molecule has 5 nitrogen and oxygen atoms in total. The number of H-pyrrole nitrogens is 1. The van der Waals surface area contributed by atoms with Crippen molar-refractivity contribution in [1.29, 1.82) is 0 Å². The third-order valence-corrected chi connectivity index (χ3v) is 4.02. The van der Waals surface area contributed by atoms with E-state index in [1.165, 1.54) is 6.07 Å². The van der Waals surface area contributed by atoms with Crippen LogP contribution in [0.15, 0.2) is 60.9 Å². The van der Waals surface area contributed by atoms with E-state index in [0.29, 0.717) is 28.0 Å². The first-order valence-electron chi connectivity index (χ1n) is 7.62. The summed E-state index contributed by atoms with van der Waals surface area (Å²) in [5.41, 5.74) is 8.68. The molecule has 2 aromatic heterocycles. The summed E-state index contributed by atoms with van der Waals surface area (Å²) in [7, 11) is 0. The molecule has 4 rings (SSSR count). The van der Waals surface area contributed by atoms with Crippen LogP contribution in [0.3, 0.4) is 0 Å². The number of primary amides is 1. The molecule has 122 valence electrons. The number of nitrogens with zero attached hydrogens (tertiary/aromatic N) is 2. The lowest BCUT2D eigenvalue weighted by atomic mass is 10.0. The quantitative estimate of drug-likeness (QED) is 0.602. The summed E-state index contributed by atoms with van der Waals surface area (Å²) in [6.07, 6.45) is 3.32. The maximum absolute atomic E-state index is 14.6. The topological polar surface area (TPSA) is 84.7 Å². The summed E-state index contributed by atoms with van der Waals surface area (Å²) in [5, 5.41) is 0. The molecule has 1 amide bonds. The smallest absolute Gasteiger partial charge is 0.250 e. The number of para-hydroxylation sites is 1. The molecule has 0 radical (unpaired) electrons. The van der Waals surface area contributed by atoms with Crippen LogP contribution in [0.4, 0.5) is 4.39 Å². The first-order chi connectivity index (χ1) is 12.1. The van der Waals surface area contributed by atoms with E-state index in [1.807, 2.05) is 18.2 Å². The Kier molecular flexibility index (Phi) is 3.50. The third-order valence-electron chi connectivity index (χ3n) is 4.02. The molecule has 0 aliphatic heterocycles. The maximum Gasteiger partial charge on any atom is 0.250 e. The Balaban J connectivity index is 1.81. The number of halogens is 1. The molecule has 2 heterocycles. The van der Waals surface area contributed by atoms with Crippen LogP contribution < -0.4 is 5.73 Å². The van der Waals surface area contributed by atoms with E-state index in [4.69, 9.17) is 5.73 Å². The second-order valence-corrected chi connectivity index (χ2v) is 5.58. The number of hydrogen-bond acceptors (Lipinski definition) is 3. The minimum Gasteiger partial charge on any atom is -0.366 e. The average Bonchev–Trinajstić information content (AvgIpc) is 3.06. The summed E-state index contributed by atoms with van der Waals surface area (Å²) < 4.78 is 14.6. The SMILES string of the molecule is NC(=O)c1cccc2[nH]c(-c3ccc(-c4ccncc4)cc3F)nc12.